The zero-order valence-corrected chi connectivity index (χ0v) is 6.93. The average Bonchev–Trinajstić information content (AvgIpc) is 2.90. The number of hydrogen-bond donors (Lipinski definition) is 2. The van der Waals surface area contributed by atoms with E-state index in [1.807, 2.05) is 0 Å². The molecule has 70 valence electrons. The van der Waals surface area contributed by atoms with Gasteiger partial charge in [0.2, 0.25) is 0 Å². The lowest BCUT2D eigenvalue weighted by Crippen LogP contribution is -1.95. The van der Waals surface area contributed by atoms with Crippen LogP contribution in [0.2, 0.25) is 0 Å². The number of phenols is 1. The van der Waals surface area contributed by atoms with Crippen LogP contribution < -0.4 is 0 Å². The van der Waals surface area contributed by atoms with Gasteiger partial charge >= 0.3 is 5.97 Å². The second kappa shape index (κ2) is 4.47. The van der Waals surface area contributed by atoms with Gasteiger partial charge in [0, 0.05) is 0 Å². The minimum absolute atomic E-state index is 0.0671. The van der Waals surface area contributed by atoms with Crippen LogP contribution in [0.1, 0.15) is 10.4 Å². The molecule has 4 heteroatoms. The number of aromatic carboxylic acids is 1. The Morgan fingerprint density at radius 2 is 1.85 bits per heavy atom. The van der Waals surface area contributed by atoms with Crippen molar-refractivity contribution < 1.29 is 19.7 Å². The first-order valence-corrected chi connectivity index (χ1v) is 3.81. The van der Waals surface area contributed by atoms with E-state index >= 15 is 0 Å². The van der Waals surface area contributed by atoms with Crippen molar-refractivity contribution in [1.29, 1.82) is 0 Å². The van der Waals surface area contributed by atoms with Gasteiger partial charge in [0.25, 0.3) is 0 Å². The molecule has 1 aromatic rings. The highest BCUT2D eigenvalue weighted by Crippen LogP contribution is 2.14. The number of epoxide rings is 1. The van der Waals surface area contributed by atoms with Crippen LogP contribution in [-0.2, 0) is 4.74 Å². The number of ether oxygens (including phenoxy) is 1. The van der Waals surface area contributed by atoms with E-state index in [4.69, 9.17) is 10.2 Å². The van der Waals surface area contributed by atoms with E-state index < -0.39 is 5.97 Å². The van der Waals surface area contributed by atoms with Gasteiger partial charge in [-0.1, -0.05) is 12.1 Å². The molecule has 1 aromatic carbocycles. The van der Waals surface area contributed by atoms with Crippen molar-refractivity contribution in [1.82, 2.24) is 0 Å². The Labute approximate surface area is 75.4 Å². The lowest BCUT2D eigenvalue weighted by Gasteiger charge is -1.95. The van der Waals surface area contributed by atoms with E-state index in [-0.39, 0.29) is 11.3 Å². The third kappa shape index (κ3) is 3.57. The molecule has 1 aliphatic rings. The number of rotatable bonds is 1. The van der Waals surface area contributed by atoms with Crippen molar-refractivity contribution in [3.05, 3.63) is 29.8 Å². The van der Waals surface area contributed by atoms with Gasteiger partial charge < -0.3 is 14.9 Å². The fourth-order valence-corrected chi connectivity index (χ4v) is 0.654. The highest BCUT2D eigenvalue weighted by molar-refractivity contribution is 5.90. The largest absolute Gasteiger partial charge is 0.507 e. The maximum atomic E-state index is 10.3. The van der Waals surface area contributed by atoms with Gasteiger partial charge in [0.15, 0.2) is 0 Å². The maximum Gasteiger partial charge on any atom is 0.339 e. The van der Waals surface area contributed by atoms with E-state index in [0.717, 1.165) is 13.2 Å². The zero-order valence-electron chi connectivity index (χ0n) is 6.93. The molecule has 1 heterocycles. The predicted octanol–water partition coefficient (Wildman–Crippen LogP) is 1.11. The molecule has 0 bridgehead atoms. The summed E-state index contributed by atoms with van der Waals surface area (Å²) in [6, 6.07) is 5.81. The van der Waals surface area contributed by atoms with Gasteiger partial charge in [-0.2, -0.15) is 0 Å². The van der Waals surface area contributed by atoms with Crippen LogP contribution >= 0.6 is 0 Å². The van der Waals surface area contributed by atoms with E-state index in [1.165, 1.54) is 12.1 Å². The number of carbonyl (C=O) groups is 1. The van der Waals surface area contributed by atoms with Crippen molar-refractivity contribution >= 4 is 5.97 Å². The Morgan fingerprint density at radius 3 is 2.15 bits per heavy atom. The second-order valence-corrected chi connectivity index (χ2v) is 2.43. The maximum absolute atomic E-state index is 10.3. The van der Waals surface area contributed by atoms with Crippen LogP contribution in [0.4, 0.5) is 0 Å². The van der Waals surface area contributed by atoms with Crippen LogP contribution in [0.5, 0.6) is 5.75 Å². The van der Waals surface area contributed by atoms with Crippen molar-refractivity contribution in [3.63, 3.8) is 0 Å². The van der Waals surface area contributed by atoms with Crippen molar-refractivity contribution in [3.8, 4) is 5.75 Å². The number of carboxylic acid groups (broad SMARTS) is 1. The summed E-state index contributed by atoms with van der Waals surface area (Å²) in [5.41, 5.74) is -0.0671. The zero-order chi connectivity index (χ0) is 9.68. The van der Waals surface area contributed by atoms with Crippen LogP contribution in [0.15, 0.2) is 24.3 Å². The molecule has 0 aliphatic carbocycles. The van der Waals surface area contributed by atoms with Gasteiger partial charge in [0.05, 0.1) is 13.2 Å². The van der Waals surface area contributed by atoms with E-state index in [0.29, 0.717) is 0 Å². The number of benzene rings is 1. The SMILES string of the molecule is C1CO1.O=C(O)c1ccccc1O. The third-order valence-electron chi connectivity index (χ3n) is 1.34. The normalized spacial score (nSPS) is 12.6. The van der Waals surface area contributed by atoms with Gasteiger partial charge in [-0.15, -0.1) is 0 Å². The average molecular weight is 182 g/mol. The van der Waals surface area contributed by atoms with Gasteiger partial charge in [0.1, 0.15) is 11.3 Å². The Bertz CT molecular complexity index is 291. The predicted molar refractivity (Wildman–Crippen MR) is 45.9 cm³/mol. The number of aromatic hydroxyl groups is 1. The van der Waals surface area contributed by atoms with E-state index in [1.54, 1.807) is 12.1 Å². The molecule has 0 saturated carbocycles. The Kier molecular flexibility index (Phi) is 3.28. The smallest absolute Gasteiger partial charge is 0.339 e. The summed E-state index contributed by atoms with van der Waals surface area (Å²) in [6.45, 7) is 2.00. The summed E-state index contributed by atoms with van der Waals surface area (Å²) in [5.74, 6) is -1.31. The molecular formula is C9H10O4. The summed E-state index contributed by atoms with van der Waals surface area (Å²) in [6.07, 6.45) is 0. The second-order valence-electron chi connectivity index (χ2n) is 2.43. The van der Waals surface area contributed by atoms with Crippen LogP contribution in [0.3, 0.4) is 0 Å². The molecule has 0 unspecified atom stereocenters. The molecule has 0 amide bonds. The monoisotopic (exact) mass is 182 g/mol. The quantitative estimate of drug-likeness (QED) is 0.638. The number of hydrogen-bond acceptors (Lipinski definition) is 3. The summed E-state index contributed by atoms with van der Waals surface area (Å²) < 4.78 is 4.50. The molecule has 2 rings (SSSR count). The molecule has 1 saturated heterocycles. The molecule has 1 aliphatic heterocycles. The summed E-state index contributed by atoms with van der Waals surface area (Å²) in [4.78, 5) is 10.3. The fraction of sp³-hybridized carbons (Fsp3) is 0.222. The molecule has 0 radical (unpaired) electrons. The van der Waals surface area contributed by atoms with Gasteiger partial charge in [-0.25, -0.2) is 4.79 Å². The fourth-order valence-electron chi connectivity index (χ4n) is 0.654. The summed E-state index contributed by atoms with van der Waals surface area (Å²) in [7, 11) is 0. The lowest BCUT2D eigenvalue weighted by molar-refractivity contribution is 0.0694. The van der Waals surface area contributed by atoms with Crippen molar-refractivity contribution in [2.24, 2.45) is 0 Å². The lowest BCUT2D eigenvalue weighted by atomic mass is 10.2. The van der Waals surface area contributed by atoms with Crippen LogP contribution in [0, 0.1) is 0 Å². The Balaban J connectivity index is 0.000000236. The van der Waals surface area contributed by atoms with Crippen LogP contribution in [0.25, 0.3) is 0 Å². The number of para-hydroxylation sites is 1. The molecule has 2 N–H and O–H groups in total. The molecule has 13 heavy (non-hydrogen) atoms. The third-order valence-corrected chi connectivity index (χ3v) is 1.34. The van der Waals surface area contributed by atoms with E-state index in [2.05, 4.69) is 4.74 Å². The highest BCUT2D eigenvalue weighted by atomic mass is 16.6. The topological polar surface area (TPSA) is 70.1 Å². The summed E-state index contributed by atoms with van der Waals surface area (Å²) >= 11 is 0. The first-order chi connectivity index (χ1) is 6.22. The molecule has 0 atom stereocenters. The van der Waals surface area contributed by atoms with Gasteiger partial charge in [-0.05, 0) is 12.1 Å². The molecule has 1 fully saturated rings. The van der Waals surface area contributed by atoms with Crippen molar-refractivity contribution in [2.45, 2.75) is 0 Å². The molecule has 0 spiro atoms. The van der Waals surface area contributed by atoms with Crippen molar-refractivity contribution in [2.75, 3.05) is 13.2 Å². The Hall–Kier alpha value is -1.55. The molecule has 0 aromatic heterocycles. The van der Waals surface area contributed by atoms with Crippen LogP contribution in [-0.4, -0.2) is 29.4 Å². The standard InChI is InChI=1S/C7H6O3.C2H4O/c8-6-4-2-1-3-5(6)7(9)10;1-2-3-1/h1-4,8H,(H,9,10);1-2H2. The number of carboxylic acids is 1. The minimum Gasteiger partial charge on any atom is -0.507 e. The first-order valence-electron chi connectivity index (χ1n) is 3.81. The first kappa shape index (κ1) is 9.54. The molecule has 4 nitrogen and oxygen atoms in total. The highest BCUT2D eigenvalue weighted by Gasteiger charge is 2.05. The van der Waals surface area contributed by atoms with E-state index in [9.17, 15) is 4.79 Å². The minimum atomic E-state index is -1.11. The Morgan fingerprint density at radius 1 is 1.31 bits per heavy atom. The molecular weight excluding hydrogens is 172 g/mol. The van der Waals surface area contributed by atoms with Gasteiger partial charge in [-0.3, -0.25) is 0 Å². The summed E-state index contributed by atoms with van der Waals surface area (Å²) in [5, 5.41) is 17.3.